The Kier molecular flexibility index (Phi) is 4.47. The van der Waals surface area contributed by atoms with Gasteiger partial charge in [-0.25, -0.2) is 0 Å². The minimum Gasteiger partial charge on any atom is -0.495 e. The zero-order valence-electron chi connectivity index (χ0n) is 16.7. The molecular weight excluding hydrogens is 388 g/mol. The smallest absolute Gasteiger partial charge is 0.288 e. The molecule has 2 heterocycles. The molecule has 154 valence electrons. The fourth-order valence-electron chi connectivity index (χ4n) is 4.16. The van der Waals surface area contributed by atoms with E-state index in [2.05, 4.69) is 0 Å². The Morgan fingerprint density at radius 2 is 1.60 bits per heavy atom. The molecule has 2 aromatic carbocycles. The molecule has 1 fully saturated rings. The van der Waals surface area contributed by atoms with Gasteiger partial charge in [0, 0.05) is 23.6 Å². The molecular formula is C23H20O7. The number of carbonyl (C=O) groups is 2. The standard InChI is InChI=1S/C23H20O7/c1-26-21-14-11-16(29-15-9-5-6-10-28-15)30-22(14)23(27-2)18-17(21)19(24)12-7-3-4-8-13(12)20(18)25/h3-4,7-8,11,15H,5-6,9-10H2,1-2H3. The number of ether oxygens (including phenoxy) is 4. The molecule has 1 unspecified atom stereocenters. The summed E-state index contributed by atoms with van der Waals surface area (Å²) in [4.78, 5) is 26.6. The predicted octanol–water partition coefficient (Wildman–Crippen LogP) is 4.13. The Morgan fingerprint density at radius 3 is 2.20 bits per heavy atom. The van der Waals surface area contributed by atoms with Gasteiger partial charge in [-0.3, -0.25) is 9.59 Å². The summed E-state index contributed by atoms with van der Waals surface area (Å²) in [7, 11) is 2.89. The summed E-state index contributed by atoms with van der Waals surface area (Å²) in [5.41, 5.74) is 1.27. The molecule has 1 saturated heterocycles. The summed E-state index contributed by atoms with van der Waals surface area (Å²) in [6.07, 6.45) is 2.36. The largest absolute Gasteiger partial charge is 0.495 e. The topological polar surface area (TPSA) is 84.2 Å². The van der Waals surface area contributed by atoms with E-state index >= 15 is 0 Å². The molecule has 0 amide bonds. The maximum atomic E-state index is 13.3. The van der Waals surface area contributed by atoms with Gasteiger partial charge in [0.1, 0.15) is 5.75 Å². The molecule has 1 aromatic heterocycles. The number of benzene rings is 2. The lowest BCUT2D eigenvalue weighted by atomic mass is 9.82. The van der Waals surface area contributed by atoms with E-state index in [1.54, 1.807) is 30.3 Å². The van der Waals surface area contributed by atoms with Crippen molar-refractivity contribution in [3.05, 3.63) is 52.6 Å². The van der Waals surface area contributed by atoms with E-state index in [-0.39, 0.29) is 40.1 Å². The summed E-state index contributed by atoms with van der Waals surface area (Å²) in [6.45, 7) is 0.632. The lowest BCUT2D eigenvalue weighted by Gasteiger charge is -2.22. The molecule has 7 heteroatoms. The molecule has 3 aromatic rings. The van der Waals surface area contributed by atoms with Gasteiger partial charge in [-0.2, -0.15) is 0 Å². The van der Waals surface area contributed by atoms with Crippen molar-refractivity contribution in [2.24, 2.45) is 0 Å². The Balaban J connectivity index is 1.72. The van der Waals surface area contributed by atoms with Crippen LogP contribution in [-0.4, -0.2) is 38.7 Å². The number of methoxy groups -OCH3 is 2. The van der Waals surface area contributed by atoms with Gasteiger partial charge in [0.2, 0.25) is 6.29 Å². The van der Waals surface area contributed by atoms with E-state index in [0.29, 0.717) is 28.7 Å². The van der Waals surface area contributed by atoms with Crippen molar-refractivity contribution < 1.29 is 33.0 Å². The van der Waals surface area contributed by atoms with E-state index in [1.807, 2.05) is 0 Å². The lowest BCUT2D eigenvalue weighted by Crippen LogP contribution is -2.24. The van der Waals surface area contributed by atoms with Crippen molar-refractivity contribution in [1.82, 2.24) is 0 Å². The number of ketones is 2. The first kappa shape index (κ1) is 18.7. The van der Waals surface area contributed by atoms with E-state index in [4.69, 9.17) is 23.4 Å². The number of hydrogen-bond acceptors (Lipinski definition) is 7. The second kappa shape index (κ2) is 7.18. The van der Waals surface area contributed by atoms with Gasteiger partial charge in [-0.1, -0.05) is 24.3 Å². The first-order valence-corrected chi connectivity index (χ1v) is 9.82. The second-order valence-corrected chi connectivity index (χ2v) is 7.24. The van der Waals surface area contributed by atoms with E-state index in [0.717, 1.165) is 19.3 Å². The maximum absolute atomic E-state index is 13.3. The average Bonchev–Trinajstić information content (AvgIpc) is 3.19. The Hall–Kier alpha value is -3.32. The van der Waals surface area contributed by atoms with E-state index < -0.39 is 6.29 Å². The molecule has 0 radical (unpaired) electrons. The number of furan rings is 1. The van der Waals surface area contributed by atoms with Crippen molar-refractivity contribution in [3.8, 4) is 17.4 Å². The summed E-state index contributed by atoms with van der Waals surface area (Å²) in [6, 6.07) is 8.36. The second-order valence-electron chi connectivity index (χ2n) is 7.24. The van der Waals surface area contributed by atoms with Crippen LogP contribution in [0.4, 0.5) is 0 Å². The van der Waals surface area contributed by atoms with Crippen molar-refractivity contribution in [2.45, 2.75) is 25.6 Å². The lowest BCUT2D eigenvalue weighted by molar-refractivity contribution is -0.114. The summed E-state index contributed by atoms with van der Waals surface area (Å²) in [5, 5.41) is 0.499. The van der Waals surface area contributed by atoms with Crippen molar-refractivity contribution in [3.63, 3.8) is 0 Å². The molecule has 5 rings (SSSR count). The SMILES string of the molecule is COc1c2c(c(OC)c3oc(OC4CCCCO4)cc13)C(=O)c1ccccc1C2=O. The molecule has 30 heavy (non-hydrogen) atoms. The quantitative estimate of drug-likeness (QED) is 0.502. The van der Waals surface area contributed by atoms with Crippen LogP contribution in [0.5, 0.6) is 17.4 Å². The first-order valence-electron chi connectivity index (χ1n) is 9.82. The van der Waals surface area contributed by atoms with Crippen LogP contribution >= 0.6 is 0 Å². The van der Waals surface area contributed by atoms with E-state index in [1.165, 1.54) is 14.2 Å². The minimum atomic E-state index is -0.404. The van der Waals surface area contributed by atoms with Crippen LogP contribution in [0.2, 0.25) is 0 Å². The number of hydrogen-bond donors (Lipinski definition) is 0. The van der Waals surface area contributed by atoms with Crippen LogP contribution in [0.3, 0.4) is 0 Å². The highest BCUT2D eigenvalue weighted by Crippen LogP contribution is 2.47. The van der Waals surface area contributed by atoms with Gasteiger partial charge >= 0.3 is 0 Å². The Labute approximate surface area is 172 Å². The Bertz CT molecular complexity index is 1090. The molecule has 0 bridgehead atoms. The third-order valence-electron chi connectivity index (χ3n) is 5.53. The minimum absolute atomic E-state index is 0.139. The van der Waals surface area contributed by atoms with Gasteiger partial charge in [-0.15, -0.1) is 0 Å². The highest BCUT2D eigenvalue weighted by atomic mass is 16.7. The first-order chi connectivity index (χ1) is 14.6. The van der Waals surface area contributed by atoms with Crippen molar-refractivity contribution in [2.75, 3.05) is 20.8 Å². The molecule has 1 atom stereocenters. The van der Waals surface area contributed by atoms with Gasteiger partial charge < -0.3 is 23.4 Å². The predicted molar refractivity (Wildman–Crippen MR) is 107 cm³/mol. The van der Waals surface area contributed by atoms with Crippen LogP contribution in [0.25, 0.3) is 11.0 Å². The molecule has 0 spiro atoms. The molecule has 7 nitrogen and oxygen atoms in total. The van der Waals surface area contributed by atoms with Crippen LogP contribution in [-0.2, 0) is 4.74 Å². The van der Waals surface area contributed by atoms with Gasteiger partial charge in [0.05, 0.1) is 37.3 Å². The fourth-order valence-corrected chi connectivity index (χ4v) is 4.16. The van der Waals surface area contributed by atoms with Crippen molar-refractivity contribution in [1.29, 1.82) is 0 Å². The van der Waals surface area contributed by atoms with Gasteiger partial charge in [0.25, 0.3) is 5.95 Å². The summed E-state index contributed by atoms with van der Waals surface area (Å²) in [5.74, 6) is 0.0569. The molecule has 1 aliphatic carbocycles. The van der Waals surface area contributed by atoms with Crippen LogP contribution in [0.1, 0.15) is 51.1 Å². The highest BCUT2D eigenvalue weighted by Gasteiger charge is 2.38. The molecule has 0 N–H and O–H groups in total. The van der Waals surface area contributed by atoms with Gasteiger partial charge in [-0.05, 0) is 12.8 Å². The third-order valence-corrected chi connectivity index (χ3v) is 5.53. The number of rotatable bonds is 4. The number of fused-ring (bicyclic) bond motifs is 3. The van der Waals surface area contributed by atoms with E-state index in [9.17, 15) is 9.59 Å². The van der Waals surface area contributed by atoms with Crippen LogP contribution in [0.15, 0.2) is 34.7 Å². The monoisotopic (exact) mass is 408 g/mol. The van der Waals surface area contributed by atoms with Crippen molar-refractivity contribution >= 4 is 22.5 Å². The number of carbonyl (C=O) groups excluding carboxylic acids is 2. The molecule has 0 saturated carbocycles. The molecule has 1 aliphatic heterocycles. The third kappa shape index (κ3) is 2.69. The Morgan fingerprint density at radius 1 is 0.933 bits per heavy atom. The normalized spacial score (nSPS) is 18.1. The highest BCUT2D eigenvalue weighted by molar-refractivity contribution is 6.32. The molecule has 2 aliphatic rings. The average molecular weight is 408 g/mol. The zero-order valence-corrected chi connectivity index (χ0v) is 16.7. The maximum Gasteiger partial charge on any atom is 0.288 e. The van der Waals surface area contributed by atoms with Crippen LogP contribution in [0, 0.1) is 0 Å². The van der Waals surface area contributed by atoms with Crippen LogP contribution < -0.4 is 14.2 Å². The van der Waals surface area contributed by atoms with Gasteiger partial charge in [0.15, 0.2) is 22.9 Å². The summed E-state index contributed by atoms with van der Waals surface area (Å²) < 4.78 is 28.5. The summed E-state index contributed by atoms with van der Waals surface area (Å²) >= 11 is 0. The fraction of sp³-hybridized carbons (Fsp3) is 0.304. The zero-order chi connectivity index (χ0) is 20.8.